The number of nitrogens with zero attached hydrogens (tertiary/aromatic N) is 3. The number of hydrogen-bond donors (Lipinski definition) is 10. The van der Waals surface area contributed by atoms with Crippen LogP contribution in [0.4, 0.5) is 35.9 Å². The number of nitrogens with two attached hydrogens (primary N) is 1. The number of rotatable bonds is 36. The number of unbranched alkanes of at least 4 members (excludes halogenated alkanes) is 3. The fourth-order valence-corrected chi connectivity index (χ4v) is 23.2. The Kier molecular flexibility index (Phi) is 33.3. The van der Waals surface area contributed by atoms with E-state index in [0.717, 1.165) is 95.6 Å². The number of halogens is 9. The Morgan fingerprint density at radius 2 is 1.19 bits per heavy atom. The standard InChI is InChI=1S/C57H86Cl2F3N5O7.C28H43ClF3N3O3/c1-64-34-46(51(68)38-14-5-4-6-15-38)65-54(70)66-24-12-18-43(57(72,23-8-10-27-74-3)42-20-21-45(60)48(59)50(42)62)53(66)67(47(33-63)52(69)55-31-36-28-37(32-55)30-40(55)29-36)25-13-16-39(35-67)56(71,22-7-9-26-73-2)41-17-11-19-44(58)49(41)61;1-33-17-22(16-19-7-9-21(30)10-8-19)34-27(36)35-14-5-6-20(18-35)28(37,13-3-4-15-38-2)23-11-12-24(31)25(29)26(23)32/h11,17,19-21,36-40,43,46-47,51-53,64,68-69,71-72H,4-10,12-16,18,22-35,63H2,1-3H3;11-12,19-22,33,37H,3-10,13-18H2,1-2H3,(H,34,36)/p+1/t36?,37?,39-,40?,43?,46-,47-,51+,52-,53?,55?,56+,57-,67?;19-,20-,21-,22+,28+/m11/s1. The third kappa shape index (κ3) is 20.2. The molecule has 18 nitrogen and oxygen atoms in total. The minimum absolute atomic E-state index is 0.0134. The summed E-state index contributed by atoms with van der Waals surface area (Å²) in [5, 5.41) is 76.6. The summed E-state index contributed by atoms with van der Waals surface area (Å²) in [6.45, 7) is 3.54. The van der Waals surface area contributed by atoms with E-state index >= 15 is 22.4 Å². The van der Waals surface area contributed by atoms with E-state index in [1.54, 1.807) is 50.3 Å². The van der Waals surface area contributed by atoms with Gasteiger partial charge in [-0.15, -0.1) is 0 Å². The van der Waals surface area contributed by atoms with Crippen LogP contribution in [-0.2, 0) is 31.0 Å². The molecular weight excluding hydrogens is 1510 g/mol. The number of likely N-dealkylation sites (tertiary alicyclic amines) is 3. The van der Waals surface area contributed by atoms with Gasteiger partial charge in [0.05, 0.1) is 41.8 Å². The molecule has 3 aromatic rings. The zero-order chi connectivity index (χ0) is 80.7. The van der Waals surface area contributed by atoms with Crippen molar-refractivity contribution < 1.29 is 80.2 Å². The Morgan fingerprint density at radius 3 is 1.77 bits per heavy atom. The van der Waals surface area contributed by atoms with Crippen LogP contribution >= 0.6 is 34.8 Å². The van der Waals surface area contributed by atoms with Crippen LogP contribution in [0.25, 0.3) is 0 Å². The lowest BCUT2D eigenvalue weighted by molar-refractivity contribution is -0.997. The van der Waals surface area contributed by atoms with Crippen LogP contribution in [0.3, 0.4) is 0 Å². The Bertz CT molecular complexity index is 3490. The molecule has 9 aliphatic rings. The first-order valence-corrected chi connectivity index (χ1v) is 43.2. The topological polar surface area (TPSA) is 244 Å². The van der Waals surface area contributed by atoms with Crippen molar-refractivity contribution in [1.29, 1.82) is 0 Å². The second-order valence-corrected chi connectivity index (χ2v) is 35.9. The summed E-state index contributed by atoms with van der Waals surface area (Å²) >= 11 is 18.9. The molecule has 3 aromatic carbocycles. The van der Waals surface area contributed by atoms with Crippen LogP contribution in [0.15, 0.2) is 42.5 Å². The van der Waals surface area contributed by atoms with E-state index in [2.05, 4.69) is 21.3 Å². The molecule has 0 spiro atoms. The maximum Gasteiger partial charge on any atom is 0.322 e. The number of carbonyl (C=O) groups is 2. The third-order valence-corrected chi connectivity index (χ3v) is 29.0. The molecular formula is C85H130Cl3F6N8O10+. The van der Waals surface area contributed by atoms with Crippen molar-refractivity contribution in [2.75, 3.05) is 108 Å². The molecule has 0 aromatic heterocycles. The summed E-state index contributed by atoms with van der Waals surface area (Å²) in [5.41, 5.74) is 1.07. The number of piperidine rings is 3. The molecule has 5 unspecified atom stereocenters. The normalized spacial score (nSPS) is 29.1. The SMILES string of the molecule is CNC[C@@H](NC(=O)N1CCCC([C@@](O)(CCCCOC)c2ccc(F)c(Cl)c2F)C1[N+]1([C@H](CN)[C@@H](O)C23CC4CC(CC2C4)C3)CCC[C@@H]([C@@](O)(CCCCOC)c2cccc(Cl)c2F)C1)[C@@H](O)C1CCCCC1.CNC[C@H](C[C@H]1CC[C@H](F)CC1)NC(=O)N1CCC[C@@H]([C@@](O)(CCCCOC)c2ccc(F)c(Cl)c2F)C1. The molecule has 12 rings (SSSR count). The summed E-state index contributed by atoms with van der Waals surface area (Å²) in [6.07, 6.45) is 15.9. The molecule has 11 N–H and O–H groups in total. The summed E-state index contributed by atoms with van der Waals surface area (Å²) < 4.78 is 108. The smallest absolute Gasteiger partial charge is 0.322 e. The summed E-state index contributed by atoms with van der Waals surface area (Å²) in [6, 6.07) is 7.06. The number of aliphatic hydroxyl groups excluding tert-OH is 2. The van der Waals surface area contributed by atoms with Gasteiger partial charge in [-0.05, 0) is 235 Å². The first-order valence-electron chi connectivity index (χ1n) is 42.1. The van der Waals surface area contributed by atoms with E-state index in [0.29, 0.717) is 141 Å². The van der Waals surface area contributed by atoms with Crippen molar-refractivity contribution in [2.24, 2.45) is 58.5 Å². The molecule has 3 saturated heterocycles. The van der Waals surface area contributed by atoms with Crippen LogP contribution in [-0.4, -0.2) is 202 Å². The van der Waals surface area contributed by atoms with Gasteiger partial charge < -0.3 is 71.6 Å². The number of nitrogens with one attached hydrogen (secondary N) is 4. The van der Waals surface area contributed by atoms with E-state index in [1.807, 2.05) is 7.05 Å². The minimum Gasteiger partial charge on any atom is -0.391 e. The molecule has 15 atom stereocenters. The van der Waals surface area contributed by atoms with Gasteiger partial charge in [0.15, 0.2) is 17.8 Å². The lowest BCUT2D eigenvalue weighted by Crippen LogP contribution is -2.80. The van der Waals surface area contributed by atoms with E-state index in [9.17, 15) is 39.1 Å². The second-order valence-electron chi connectivity index (χ2n) is 34.7. The Balaban J connectivity index is 0.000000294. The molecule has 6 aliphatic carbocycles. The number of carbonyl (C=O) groups excluding carboxylic acids is 2. The number of methoxy groups -OCH3 is 3. The van der Waals surface area contributed by atoms with Crippen molar-refractivity contribution in [3.05, 3.63) is 103 Å². The largest absolute Gasteiger partial charge is 0.391 e. The number of benzene rings is 3. The number of amides is 4. The predicted octanol–water partition coefficient (Wildman–Crippen LogP) is 14.7. The number of ether oxygens (including phenoxy) is 3. The van der Waals surface area contributed by atoms with Crippen LogP contribution < -0.4 is 27.0 Å². The summed E-state index contributed by atoms with van der Waals surface area (Å²) in [4.78, 5) is 32.7. The predicted molar refractivity (Wildman–Crippen MR) is 425 cm³/mol. The van der Waals surface area contributed by atoms with Gasteiger partial charge in [0.2, 0.25) is 0 Å². The Labute approximate surface area is 676 Å². The minimum atomic E-state index is -2.09. The number of quaternary nitrogens is 1. The Morgan fingerprint density at radius 1 is 0.634 bits per heavy atom. The number of hydrogen-bond acceptors (Lipinski definition) is 13. The van der Waals surface area contributed by atoms with Gasteiger partial charge in [-0.3, -0.25) is 9.38 Å². The molecule has 0 radical (unpaired) electrons. The maximum atomic E-state index is 17.1. The average molecular weight is 1640 g/mol. The number of urea groups is 2. The first-order chi connectivity index (χ1) is 53.7. The van der Waals surface area contributed by atoms with Gasteiger partial charge in [0.1, 0.15) is 57.0 Å². The number of aliphatic hydroxyl groups is 5. The van der Waals surface area contributed by atoms with E-state index in [1.165, 1.54) is 18.2 Å². The number of likely N-dealkylation sites (N-methyl/N-ethyl adjacent to an activating group) is 2. The van der Waals surface area contributed by atoms with Gasteiger partial charge in [-0.2, -0.15) is 0 Å². The maximum absolute atomic E-state index is 17.1. The van der Waals surface area contributed by atoms with Crippen molar-refractivity contribution in [2.45, 2.75) is 252 Å². The Hall–Kier alpha value is -3.83. The molecule has 632 valence electrons. The molecule has 112 heavy (non-hydrogen) atoms. The van der Waals surface area contributed by atoms with Gasteiger partial charge in [0.25, 0.3) is 0 Å². The highest BCUT2D eigenvalue weighted by molar-refractivity contribution is 6.31. The highest BCUT2D eigenvalue weighted by atomic mass is 35.5. The molecule has 3 aliphatic heterocycles. The van der Waals surface area contributed by atoms with Crippen LogP contribution in [0, 0.1) is 81.8 Å². The van der Waals surface area contributed by atoms with Gasteiger partial charge in [-0.25, -0.2) is 35.9 Å². The average Bonchev–Trinajstić information content (AvgIpc) is 1.40. The highest BCUT2D eigenvalue weighted by Gasteiger charge is 2.68. The van der Waals surface area contributed by atoms with Crippen molar-refractivity contribution in [1.82, 2.24) is 31.1 Å². The summed E-state index contributed by atoms with van der Waals surface area (Å²) in [5.74, 6) is -5.22. The van der Waals surface area contributed by atoms with Gasteiger partial charge >= 0.3 is 12.1 Å². The quantitative estimate of drug-likeness (QED) is 0.0113. The van der Waals surface area contributed by atoms with Gasteiger partial charge in [-0.1, -0.05) is 78.3 Å². The van der Waals surface area contributed by atoms with Crippen LogP contribution in [0.1, 0.15) is 209 Å². The van der Waals surface area contributed by atoms with Gasteiger partial charge in [0, 0.05) is 120 Å². The van der Waals surface area contributed by atoms with Crippen molar-refractivity contribution in [3.63, 3.8) is 0 Å². The molecule has 6 saturated carbocycles. The van der Waals surface area contributed by atoms with Crippen molar-refractivity contribution in [3.8, 4) is 0 Å². The van der Waals surface area contributed by atoms with Crippen molar-refractivity contribution >= 4 is 46.9 Å². The number of alkyl halides is 1. The monoisotopic (exact) mass is 1640 g/mol. The van der Waals surface area contributed by atoms with Crippen LogP contribution in [0.2, 0.25) is 15.1 Å². The summed E-state index contributed by atoms with van der Waals surface area (Å²) in [7, 11) is 8.40. The lowest BCUT2D eigenvalue weighted by Gasteiger charge is -2.63. The molecule has 4 bridgehead atoms. The second kappa shape index (κ2) is 41.2. The van der Waals surface area contributed by atoms with E-state index in [4.69, 9.17) is 54.7 Å². The van der Waals surface area contributed by atoms with Crippen LogP contribution in [0.5, 0.6) is 0 Å². The first kappa shape index (κ1) is 90.5. The fourth-order valence-electron chi connectivity index (χ4n) is 22.7. The molecule has 9 fully saturated rings. The fraction of sp³-hybridized carbons (Fsp3) is 0.765. The molecule has 27 heteroatoms. The van der Waals surface area contributed by atoms with E-state index < -0.39 is 122 Å². The van der Waals surface area contributed by atoms with E-state index in [-0.39, 0.29) is 109 Å². The zero-order valence-electron chi connectivity index (χ0n) is 66.8. The molecule has 4 amide bonds. The zero-order valence-corrected chi connectivity index (χ0v) is 69.1. The molecule has 3 heterocycles. The lowest BCUT2D eigenvalue weighted by atomic mass is 9.66. The third-order valence-electron chi connectivity index (χ3n) is 28.0. The highest BCUT2D eigenvalue weighted by Crippen LogP contribution is 2.68.